The minimum atomic E-state index is 0.339. The molecule has 19 heavy (non-hydrogen) atoms. The van der Waals surface area contributed by atoms with Gasteiger partial charge >= 0.3 is 0 Å². The second kappa shape index (κ2) is 5.43. The van der Waals surface area contributed by atoms with Gasteiger partial charge in [0, 0.05) is 16.7 Å². The molecule has 98 valence electrons. The minimum Gasteiger partial charge on any atom is -0.302 e. The van der Waals surface area contributed by atoms with Gasteiger partial charge in [-0.1, -0.05) is 34.1 Å². The molecule has 3 rings (SSSR count). The van der Waals surface area contributed by atoms with E-state index in [1.807, 2.05) is 12.3 Å². The van der Waals surface area contributed by atoms with E-state index in [0.717, 1.165) is 17.3 Å². The van der Waals surface area contributed by atoms with Gasteiger partial charge in [0.15, 0.2) is 0 Å². The van der Waals surface area contributed by atoms with Crippen LogP contribution in [0.15, 0.2) is 47.1 Å². The number of hydrogen-bond donors (Lipinski definition) is 1. The maximum absolute atomic E-state index is 4.53. The first-order chi connectivity index (χ1) is 9.24. The fourth-order valence-corrected chi connectivity index (χ4v) is 2.99. The average molecular weight is 317 g/mol. The number of aryl methyl sites for hydroxylation is 1. The second-order valence-corrected chi connectivity index (χ2v) is 5.99. The van der Waals surface area contributed by atoms with Crippen molar-refractivity contribution >= 4 is 15.9 Å². The van der Waals surface area contributed by atoms with Gasteiger partial charge < -0.3 is 5.32 Å². The predicted molar refractivity (Wildman–Crippen MR) is 81.0 cm³/mol. The highest BCUT2D eigenvalue weighted by atomic mass is 79.9. The van der Waals surface area contributed by atoms with Gasteiger partial charge in [0.2, 0.25) is 0 Å². The Bertz CT molecular complexity index is 565. The normalized spacial score (nSPS) is 19.2. The summed E-state index contributed by atoms with van der Waals surface area (Å²) in [6.45, 7) is 2.21. The molecule has 1 N–H and O–H groups in total. The van der Waals surface area contributed by atoms with Crippen molar-refractivity contribution in [1.82, 2.24) is 10.3 Å². The molecule has 2 aromatic rings. The van der Waals surface area contributed by atoms with Crippen LogP contribution in [0.25, 0.3) is 0 Å². The molecule has 0 saturated heterocycles. The van der Waals surface area contributed by atoms with Crippen LogP contribution in [0.4, 0.5) is 0 Å². The first-order valence-corrected chi connectivity index (χ1v) is 7.48. The zero-order valence-corrected chi connectivity index (χ0v) is 12.5. The van der Waals surface area contributed by atoms with Crippen molar-refractivity contribution in [3.63, 3.8) is 0 Å². The van der Waals surface area contributed by atoms with Gasteiger partial charge in [0.05, 0.1) is 11.7 Å². The van der Waals surface area contributed by atoms with Crippen LogP contribution in [-0.4, -0.2) is 4.98 Å². The van der Waals surface area contributed by atoms with E-state index < -0.39 is 0 Å². The zero-order chi connectivity index (χ0) is 13.2. The number of halogens is 1. The number of benzene rings is 1. The lowest BCUT2D eigenvalue weighted by molar-refractivity contribution is 0.458. The Morgan fingerprint density at radius 2 is 2.05 bits per heavy atom. The van der Waals surface area contributed by atoms with Crippen LogP contribution < -0.4 is 5.32 Å². The number of fused-ring (bicyclic) bond motifs is 1. The lowest BCUT2D eigenvalue weighted by Crippen LogP contribution is -2.23. The summed E-state index contributed by atoms with van der Waals surface area (Å²) >= 11 is 3.47. The van der Waals surface area contributed by atoms with Gasteiger partial charge in [-0.25, -0.2) is 0 Å². The monoisotopic (exact) mass is 316 g/mol. The third-order valence-corrected chi connectivity index (χ3v) is 4.31. The summed E-state index contributed by atoms with van der Waals surface area (Å²) in [7, 11) is 0. The maximum atomic E-state index is 4.53. The number of aromatic nitrogens is 1. The Hall–Kier alpha value is -1.19. The van der Waals surface area contributed by atoms with Crippen LogP contribution in [0.1, 0.15) is 42.2 Å². The summed E-state index contributed by atoms with van der Waals surface area (Å²) in [4.78, 5) is 4.53. The molecule has 2 unspecified atom stereocenters. The second-order valence-electron chi connectivity index (χ2n) is 5.08. The first kappa shape index (κ1) is 12.8. The molecule has 0 radical (unpaired) electrons. The van der Waals surface area contributed by atoms with Gasteiger partial charge in [-0.3, -0.25) is 4.98 Å². The van der Waals surface area contributed by atoms with Crippen molar-refractivity contribution in [3.8, 4) is 0 Å². The number of pyridine rings is 1. The highest BCUT2D eigenvalue weighted by Crippen LogP contribution is 2.31. The smallest absolute Gasteiger partial charge is 0.0605 e. The number of rotatable bonds is 3. The van der Waals surface area contributed by atoms with E-state index in [1.165, 1.54) is 16.8 Å². The third-order valence-electron chi connectivity index (χ3n) is 3.78. The topological polar surface area (TPSA) is 24.9 Å². The molecule has 0 spiro atoms. The molecule has 2 atom stereocenters. The quantitative estimate of drug-likeness (QED) is 0.918. The third kappa shape index (κ3) is 2.72. The van der Waals surface area contributed by atoms with E-state index in [2.05, 4.69) is 63.5 Å². The Kier molecular flexibility index (Phi) is 3.67. The van der Waals surface area contributed by atoms with Crippen LogP contribution in [0.3, 0.4) is 0 Å². The molecule has 0 amide bonds. The van der Waals surface area contributed by atoms with Gasteiger partial charge in [-0.05, 0) is 49.1 Å². The Morgan fingerprint density at radius 1 is 1.26 bits per heavy atom. The highest BCUT2D eigenvalue weighted by molar-refractivity contribution is 9.10. The maximum Gasteiger partial charge on any atom is 0.0605 e. The van der Waals surface area contributed by atoms with E-state index in [1.54, 1.807) is 0 Å². The molecule has 1 aliphatic rings. The van der Waals surface area contributed by atoms with Crippen molar-refractivity contribution in [2.24, 2.45) is 0 Å². The summed E-state index contributed by atoms with van der Waals surface area (Å²) < 4.78 is 1.12. The van der Waals surface area contributed by atoms with Crippen LogP contribution in [0, 0.1) is 0 Å². The molecule has 1 aromatic heterocycles. The lowest BCUT2D eigenvalue weighted by Gasteiger charge is -2.20. The van der Waals surface area contributed by atoms with Gasteiger partial charge in [-0.15, -0.1) is 0 Å². The highest BCUT2D eigenvalue weighted by Gasteiger charge is 2.24. The lowest BCUT2D eigenvalue weighted by atomic mass is 10.1. The molecule has 1 aromatic carbocycles. The molecule has 0 aliphatic heterocycles. The summed E-state index contributed by atoms with van der Waals surface area (Å²) in [5, 5.41) is 3.69. The Balaban J connectivity index is 1.74. The zero-order valence-electron chi connectivity index (χ0n) is 10.9. The van der Waals surface area contributed by atoms with Crippen molar-refractivity contribution in [3.05, 3.63) is 63.9 Å². The molecular formula is C16H17BrN2. The van der Waals surface area contributed by atoms with Crippen molar-refractivity contribution in [1.29, 1.82) is 0 Å². The average Bonchev–Trinajstić information content (AvgIpc) is 2.83. The molecule has 0 fully saturated rings. The minimum absolute atomic E-state index is 0.339. The van der Waals surface area contributed by atoms with E-state index in [0.29, 0.717) is 12.1 Å². The Morgan fingerprint density at radius 3 is 2.84 bits per heavy atom. The largest absolute Gasteiger partial charge is 0.302 e. The molecule has 3 heteroatoms. The SMILES string of the molecule is CC(NC1CCc2cccnc21)c1ccc(Br)cc1. The summed E-state index contributed by atoms with van der Waals surface area (Å²) in [5.41, 5.74) is 3.93. The van der Waals surface area contributed by atoms with E-state index >= 15 is 0 Å². The molecule has 0 saturated carbocycles. The molecule has 1 heterocycles. The van der Waals surface area contributed by atoms with Crippen molar-refractivity contribution < 1.29 is 0 Å². The number of nitrogens with one attached hydrogen (secondary N) is 1. The first-order valence-electron chi connectivity index (χ1n) is 6.69. The van der Waals surface area contributed by atoms with Gasteiger partial charge in [0.25, 0.3) is 0 Å². The number of hydrogen-bond acceptors (Lipinski definition) is 2. The van der Waals surface area contributed by atoms with Crippen LogP contribution in [0.5, 0.6) is 0 Å². The van der Waals surface area contributed by atoms with Crippen molar-refractivity contribution in [2.75, 3.05) is 0 Å². The standard InChI is InChI=1S/C16H17BrN2/c1-11(12-4-7-14(17)8-5-12)19-15-9-6-13-3-2-10-18-16(13)15/h2-5,7-8,10-11,15,19H,6,9H2,1H3. The fraction of sp³-hybridized carbons (Fsp3) is 0.312. The fourth-order valence-electron chi connectivity index (χ4n) is 2.72. The Labute approximate surface area is 122 Å². The summed E-state index contributed by atoms with van der Waals surface area (Å²) in [6.07, 6.45) is 4.17. The molecule has 0 bridgehead atoms. The molecule has 2 nitrogen and oxygen atoms in total. The summed E-state index contributed by atoms with van der Waals surface area (Å²) in [5.74, 6) is 0. The predicted octanol–water partition coefficient (Wildman–Crippen LogP) is 4.18. The van der Waals surface area contributed by atoms with Crippen LogP contribution in [0.2, 0.25) is 0 Å². The molecular weight excluding hydrogens is 300 g/mol. The van der Waals surface area contributed by atoms with E-state index in [-0.39, 0.29) is 0 Å². The van der Waals surface area contributed by atoms with E-state index in [4.69, 9.17) is 0 Å². The number of nitrogens with zero attached hydrogens (tertiary/aromatic N) is 1. The summed E-state index contributed by atoms with van der Waals surface area (Å²) in [6, 6.07) is 13.4. The van der Waals surface area contributed by atoms with E-state index in [9.17, 15) is 0 Å². The van der Waals surface area contributed by atoms with Crippen LogP contribution in [-0.2, 0) is 6.42 Å². The van der Waals surface area contributed by atoms with Crippen molar-refractivity contribution in [2.45, 2.75) is 31.8 Å². The van der Waals surface area contributed by atoms with Gasteiger partial charge in [0.1, 0.15) is 0 Å². The van der Waals surface area contributed by atoms with Gasteiger partial charge in [-0.2, -0.15) is 0 Å². The van der Waals surface area contributed by atoms with Crippen LogP contribution >= 0.6 is 15.9 Å². The molecule has 1 aliphatic carbocycles.